The number of nitrogens with zero attached hydrogens (tertiary/aromatic N) is 4. The molecule has 6 heteroatoms. The summed E-state index contributed by atoms with van der Waals surface area (Å²) in [7, 11) is 0. The van der Waals surface area contributed by atoms with Gasteiger partial charge < -0.3 is 4.42 Å². The first-order valence-electron chi connectivity index (χ1n) is 17.1. The predicted molar refractivity (Wildman–Crippen MR) is 213 cm³/mol. The molecule has 10 rings (SSSR count). The summed E-state index contributed by atoms with van der Waals surface area (Å²) in [6.07, 6.45) is 0. The topological polar surface area (TPSA) is 64.7 Å². The molecule has 0 bridgehead atoms. The van der Waals surface area contributed by atoms with Crippen molar-refractivity contribution in [2.24, 2.45) is 0 Å². The quantitative estimate of drug-likeness (QED) is 0.174. The molecule has 0 fully saturated rings. The van der Waals surface area contributed by atoms with Crippen LogP contribution in [-0.2, 0) is 0 Å². The van der Waals surface area contributed by atoms with Gasteiger partial charge in [0.1, 0.15) is 16.2 Å². The number of para-hydroxylation sites is 1. The summed E-state index contributed by atoms with van der Waals surface area (Å²) in [6.45, 7) is 0. The van der Waals surface area contributed by atoms with E-state index in [9.17, 15) is 0 Å². The van der Waals surface area contributed by atoms with Gasteiger partial charge in [0.25, 0.3) is 0 Å². The zero-order valence-corrected chi connectivity index (χ0v) is 28.6. The van der Waals surface area contributed by atoms with Crippen molar-refractivity contribution in [3.63, 3.8) is 0 Å². The minimum atomic E-state index is 0.594. The van der Waals surface area contributed by atoms with E-state index < -0.39 is 0 Å². The van der Waals surface area contributed by atoms with Crippen molar-refractivity contribution in [3.05, 3.63) is 170 Å². The van der Waals surface area contributed by atoms with Crippen LogP contribution in [0.4, 0.5) is 0 Å². The van der Waals surface area contributed by atoms with Crippen LogP contribution in [0, 0.1) is 0 Å². The van der Waals surface area contributed by atoms with Crippen LogP contribution in [0.3, 0.4) is 0 Å². The number of hydrogen-bond acceptors (Lipinski definition) is 6. The Hall–Kier alpha value is -6.76. The molecule has 3 heterocycles. The normalized spacial score (nSPS) is 11.5. The van der Waals surface area contributed by atoms with Crippen molar-refractivity contribution in [2.45, 2.75) is 0 Å². The Morgan fingerprint density at radius 1 is 0.385 bits per heavy atom. The molecule has 52 heavy (non-hydrogen) atoms. The molecule has 0 aliphatic heterocycles. The number of benzene rings is 7. The van der Waals surface area contributed by atoms with Crippen LogP contribution in [-0.4, -0.2) is 19.9 Å². The molecule has 0 saturated carbocycles. The van der Waals surface area contributed by atoms with E-state index in [2.05, 4.69) is 115 Å². The molecule has 0 unspecified atom stereocenters. The van der Waals surface area contributed by atoms with Crippen LogP contribution < -0.4 is 0 Å². The average molecular weight is 685 g/mol. The maximum Gasteiger partial charge on any atom is 0.164 e. The van der Waals surface area contributed by atoms with E-state index in [0.717, 1.165) is 77.0 Å². The smallest absolute Gasteiger partial charge is 0.164 e. The Morgan fingerprint density at radius 2 is 0.981 bits per heavy atom. The van der Waals surface area contributed by atoms with Crippen molar-refractivity contribution in [3.8, 4) is 67.0 Å². The zero-order chi connectivity index (χ0) is 34.4. The Balaban J connectivity index is 1.06. The van der Waals surface area contributed by atoms with Gasteiger partial charge in [-0.3, -0.25) is 0 Å². The SMILES string of the molecule is c1ccc(-c2cccc(-c3nc(-c4ccccc4)nc(-c4cccc5oc6cc(-c7ccc(-c8nc9ccccc9s8)cc7)ccc6c45)n3)c2)cc1. The van der Waals surface area contributed by atoms with Crippen molar-refractivity contribution < 1.29 is 4.42 Å². The highest BCUT2D eigenvalue weighted by molar-refractivity contribution is 7.21. The van der Waals surface area contributed by atoms with Gasteiger partial charge in [-0.15, -0.1) is 11.3 Å². The fraction of sp³-hybridized carbons (Fsp3) is 0. The molecule has 0 aliphatic rings. The van der Waals surface area contributed by atoms with Gasteiger partial charge in [-0.05, 0) is 58.7 Å². The zero-order valence-electron chi connectivity index (χ0n) is 27.8. The lowest BCUT2D eigenvalue weighted by Crippen LogP contribution is -2.00. The van der Waals surface area contributed by atoms with Crippen LogP contribution in [0.15, 0.2) is 174 Å². The van der Waals surface area contributed by atoms with Crippen molar-refractivity contribution in [1.82, 2.24) is 19.9 Å². The van der Waals surface area contributed by atoms with Gasteiger partial charge in [0, 0.05) is 33.0 Å². The summed E-state index contributed by atoms with van der Waals surface area (Å²) in [4.78, 5) is 20.0. The summed E-state index contributed by atoms with van der Waals surface area (Å²) in [6, 6.07) is 58.2. The second-order valence-electron chi connectivity index (χ2n) is 12.7. The maximum atomic E-state index is 6.52. The Labute approximate surface area is 303 Å². The van der Waals surface area contributed by atoms with Gasteiger partial charge in [-0.2, -0.15) is 0 Å². The van der Waals surface area contributed by atoms with Crippen LogP contribution in [0.25, 0.3) is 99.1 Å². The fourth-order valence-electron chi connectivity index (χ4n) is 6.80. The van der Waals surface area contributed by atoms with E-state index in [1.54, 1.807) is 11.3 Å². The molecular weight excluding hydrogens is 657 g/mol. The second kappa shape index (κ2) is 12.5. The number of rotatable bonds is 6. The van der Waals surface area contributed by atoms with Gasteiger partial charge in [0.05, 0.1) is 10.2 Å². The standard InChI is InChI=1S/C46H28N4OS/c1-3-11-29(12-4-1)33-15-9-16-35(27-33)44-48-43(31-13-5-2-6-14-31)49-45(50-44)37-17-10-19-39-42(37)36-26-25-34(28-40(36)51-39)30-21-23-32(24-22-30)46-47-38-18-7-8-20-41(38)52-46/h1-28H. The van der Waals surface area contributed by atoms with Crippen LogP contribution in [0.1, 0.15) is 0 Å². The summed E-state index contributed by atoms with van der Waals surface area (Å²) in [5.41, 5.74) is 10.9. The van der Waals surface area contributed by atoms with E-state index in [4.69, 9.17) is 24.4 Å². The third-order valence-electron chi connectivity index (χ3n) is 9.39. The lowest BCUT2D eigenvalue weighted by Gasteiger charge is -2.10. The summed E-state index contributed by atoms with van der Waals surface area (Å²) in [5, 5.41) is 3.01. The highest BCUT2D eigenvalue weighted by atomic mass is 32.1. The van der Waals surface area contributed by atoms with Crippen LogP contribution in [0.2, 0.25) is 0 Å². The van der Waals surface area contributed by atoms with Crippen molar-refractivity contribution in [2.75, 3.05) is 0 Å². The molecule has 0 amide bonds. The number of furan rings is 1. The molecule has 0 saturated heterocycles. The summed E-state index contributed by atoms with van der Waals surface area (Å²) in [5.74, 6) is 1.83. The fourth-order valence-corrected chi connectivity index (χ4v) is 7.77. The third kappa shape index (κ3) is 5.43. The minimum Gasteiger partial charge on any atom is -0.456 e. The van der Waals surface area contributed by atoms with Gasteiger partial charge in [-0.25, -0.2) is 19.9 Å². The first-order chi connectivity index (χ1) is 25.7. The molecular formula is C46H28N4OS. The summed E-state index contributed by atoms with van der Waals surface area (Å²) >= 11 is 1.71. The third-order valence-corrected chi connectivity index (χ3v) is 10.5. The number of hydrogen-bond donors (Lipinski definition) is 0. The lowest BCUT2D eigenvalue weighted by atomic mass is 10.0. The molecule has 0 aliphatic carbocycles. The lowest BCUT2D eigenvalue weighted by molar-refractivity contribution is 0.669. The van der Waals surface area contributed by atoms with E-state index in [1.807, 2.05) is 54.6 Å². The first kappa shape index (κ1) is 30.1. The largest absolute Gasteiger partial charge is 0.456 e. The molecule has 5 nitrogen and oxygen atoms in total. The van der Waals surface area contributed by atoms with Gasteiger partial charge >= 0.3 is 0 Å². The van der Waals surface area contributed by atoms with Crippen LogP contribution >= 0.6 is 11.3 Å². The van der Waals surface area contributed by atoms with Gasteiger partial charge in [0.2, 0.25) is 0 Å². The number of thiazole rings is 1. The summed E-state index contributed by atoms with van der Waals surface area (Å²) < 4.78 is 7.71. The maximum absolute atomic E-state index is 6.52. The Kier molecular flexibility index (Phi) is 7.25. The Bertz CT molecular complexity index is 2860. The number of fused-ring (bicyclic) bond motifs is 4. The van der Waals surface area contributed by atoms with E-state index in [1.165, 1.54) is 4.70 Å². The molecule has 0 radical (unpaired) electrons. The van der Waals surface area contributed by atoms with Gasteiger partial charge in [-0.1, -0.05) is 133 Å². The first-order valence-corrected chi connectivity index (χ1v) is 17.9. The molecule has 3 aromatic heterocycles. The molecule has 244 valence electrons. The average Bonchev–Trinajstić information content (AvgIpc) is 3.83. The highest BCUT2D eigenvalue weighted by Gasteiger charge is 2.19. The monoisotopic (exact) mass is 684 g/mol. The molecule has 0 N–H and O–H groups in total. The van der Waals surface area contributed by atoms with Gasteiger partial charge in [0.15, 0.2) is 17.5 Å². The number of aromatic nitrogens is 4. The molecule has 7 aromatic carbocycles. The molecule has 0 atom stereocenters. The van der Waals surface area contributed by atoms with Crippen LogP contribution in [0.5, 0.6) is 0 Å². The molecule has 0 spiro atoms. The van der Waals surface area contributed by atoms with E-state index in [0.29, 0.717) is 17.5 Å². The van der Waals surface area contributed by atoms with E-state index in [-0.39, 0.29) is 0 Å². The highest BCUT2D eigenvalue weighted by Crippen LogP contribution is 2.39. The second-order valence-corrected chi connectivity index (χ2v) is 13.7. The predicted octanol–water partition coefficient (Wildman–Crippen LogP) is 12.4. The molecule has 10 aromatic rings. The minimum absolute atomic E-state index is 0.594. The Morgan fingerprint density at radius 3 is 1.79 bits per heavy atom. The van der Waals surface area contributed by atoms with E-state index >= 15 is 0 Å². The van der Waals surface area contributed by atoms with Crippen molar-refractivity contribution in [1.29, 1.82) is 0 Å². The van der Waals surface area contributed by atoms with Crippen molar-refractivity contribution >= 4 is 43.5 Å².